The Kier molecular flexibility index (Phi) is 4.99. The number of rotatable bonds is 4. The lowest BCUT2D eigenvalue weighted by molar-refractivity contribution is 0.143. The maximum atomic E-state index is 12.6. The second-order valence-electron chi connectivity index (χ2n) is 6.01. The zero-order valence-electron chi connectivity index (χ0n) is 13.3. The van der Waals surface area contributed by atoms with Crippen molar-refractivity contribution in [2.75, 3.05) is 0 Å². The molecule has 0 aliphatic rings. The van der Waals surface area contributed by atoms with Crippen LogP contribution in [0, 0.1) is 11.8 Å². The van der Waals surface area contributed by atoms with Gasteiger partial charge in [-0.15, -0.1) is 0 Å². The molecule has 1 aromatic heterocycles. The van der Waals surface area contributed by atoms with E-state index in [0.717, 1.165) is 24.8 Å². The van der Waals surface area contributed by atoms with Crippen LogP contribution < -0.4 is 5.43 Å². The minimum atomic E-state index is -1.08. The van der Waals surface area contributed by atoms with Gasteiger partial charge in [0.05, 0.1) is 11.4 Å². The summed E-state index contributed by atoms with van der Waals surface area (Å²) in [5, 5.41) is 17.6. The van der Waals surface area contributed by atoms with Crippen molar-refractivity contribution in [3.05, 3.63) is 40.2 Å². The maximum Gasteiger partial charge on any atom is 0.212 e. The average molecular weight is 298 g/mol. The van der Waals surface area contributed by atoms with Crippen LogP contribution in [-0.4, -0.2) is 20.9 Å². The number of aromatic nitrogens is 2. The third-order valence-corrected chi connectivity index (χ3v) is 3.43. The van der Waals surface area contributed by atoms with E-state index in [1.807, 2.05) is 18.2 Å². The van der Waals surface area contributed by atoms with Gasteiger partial charge in [-0.3, -0.25) is 9.89 Å². The molecule has 0 saturated heterocycles. The first kappa shape index (κ1) is 16.3. The van der Waals surface area contributed by atoms with E-state index in [-0.39, 0.29) is 11.3 Å². The summed E-state index contributed by atoms with van der Waals surface area (Å²) in [5.41, 5.74) is -0.000936. The Morgan fingerprint density at radius 3 is 2.77 bits per heavy atom. The molecule has 0 spiro atoms. The van der Waals surface area contributed by atoms with E-state index in [2.05, 4.69) is 29.0 Å². The van der Waals surface area contributed by atoms with Crippen molar-refractivity contribution in [2.45, 2.75) is 51.6 Å². The second kappa shape index (κ2) is 6.76. The van der Waals surface area contributed by atoms with Crippen LogP contribution in [0.1, 0.15) is 51.6 Å². The van der Waals surface area contributed by atoms with Crippen molar-refractivity contribution in [3.63, 3.8) is 0 Å². The number of benzene rings is 1. The summed E-state index contributed by atoms with van der Waals surface area (Å²) >= 11 is 0. The third kappa shape index (κ3) is 3.96. The van der Waals surface area contributed by atoms with Crippen molar-refractivity contribution >= 4 is 10.9 Å². The van der Waals surface area contributed by atoms with E-state index in [0.29, 0.717) is 11.1 Å². The number of hydrogen-bond donors (Lipinski definition) is 2. The van der Waals surface area contributed by atoms with Gasteiger partial charge in [0.25, 0.3) is 0 Å². The summed E-state index contributed by atoms with van der Waals surface area (Å²) in [6.07, 6.45) is 2.74. The SMILES string of the molecule is CCCCC(C#CC(C)(C)O)c1n[nH]c2ccccc2c1=O. The van der Waals surface area contributed by atoms with E-state index >= 15 is 0 Å². The molecule has 2 rings (SSSR count). The molecule has 0 aliphatic carbocycles. The Labute approximate surface area is 130 Å². The minimum absolute atomic E-state index is 0.0829. The van der Waals surface area contributed by atoms with Gasteiger partial charge in [-0.2, -0.15) is 5.10 Å². The molecule has 4 heteroatoms. The summed E-state index contributed by atoms with van der Waals surface area (Å²) in [7, 11) is 0. The van der Waals surface area contributed by atoms with Gasteiger partial charge in [0.1, 0.15) is 11.3 Å². The monoisotopic (exact) mass is 298 g/mol. The molecule has 2 N–H and O–H groups in total. The zero-order valence-corrected chi connectivity index (χ0v) is 13.3. The number of fused-ring (bicyclic) bond motifs is 1. The summed E-state index contributed by atoms with van der Waals surface area (Å²) in [6.45, 7) is 5.36. The van der Waals surface area contributed by atoms with Gasteiger partial charge in [-0.05, 0) is 32.4 Å². The first-order valence-electron chi connectivity index (χ1n) is 7.65. The van der Waals surface area contributed by atoms with Gasteiger partial charge >= 0.3 is 0 Å². The molecular formula is C18H22N2O2. The quantitative estimate of drug-likeness (QED) is 0.853. The highest BCUT2D eigenvalue weighted by Gasteiger charge is 2.17. The molecule has 1 unspecified atom stereocenters. The molecule has 1 heterocycles. The molecule has 0 fully saturated rings. The van der Waals surface area contributed by atoms with E-state index in [9.17, 15) is 9.90 Å². The van der Waals surface area contributed by atoms with Gasteiger partial charge in [0, 0.05) is 5.39 Å². The Bertz CT molecular complexity index is 760. The number of nitrogens with zero attached hydrogens (tertiary/aromatic N) is 1. The van der Waals surface area contributed by atoms with Crippen LogP contribution in [0.4, 0.5) is 0 Å². The normalized spacial score (nSPS) is 12.7. The van der Waals surface area contributed by atoms with E-state index in [4.69, 9.17) is 0 Å². The number of aromatic amines is 1. The van der Waals surface area contributed by atoms with Gasteiger partial charge in [0.15, 0.2) is 0 Å². The fraction of sp³-hybridized carbons (Fsp3) is 0.444. The molecule has 0 amide bonds. The van der Waals surface area contributed by atoms with Crippen LogP contribution in [0.5, 0.6) is 0 Å². The molecular weight excluding hydrogens is 276 g/mol. The van der Waals surface area contributed by atoms with E-state index in [1.165, 1.54) is 0 Å². The molecule has 0 saturated carbocycles. The second-order valence-corrected chi connectivity index (χ2v) is 6.01. The smallest absolute Gasteiger partial charge is 0.212 e. The molecule has 22 heavy (non-hydrogen) atoms. The molecule has 4 nitrogen and oxygen atoms in total. The molecule has 0 bridgehead atoms. The fourth-order valence-electron chi connectivity index (χ4n) is 2.27. The van der Waals surface area contributed by atoms with E-state index < -0.39 is 5.60 Å². The van der Waals surface area contributed by atoms with Crippen molar-refractivity contribution < 1.29 is 5.11 Å². The minimum Gasteiger partial charge on any atom is -0.378 e. The Balaban J connectivity index is 2.49. The highest BCUT2D eigenvalue weighted by atomic mass is 16.3. The van der Waals surface area contributed by atoms with Crippen LogP contribution in [0.25, 0.3) is 10.9 Å². The van der Waals surface area contributed by atoms with Crippen LogP contribution in [0.3, 0.4) is 0 Å². The summed E-state index contributed by atoms with van der Waals surface area (Å²) in [6, 6.07) is 7.32. The van der Waals surface area contributed by atoms with Crippen LogP contribution in [0.2, 0.25) is 0 Å². The Hall–Kier alpha value is -2.12. The Morgan fingerprint density at radius 1 is 1.36 bits per heavy atom. The number of nitrogens with one attached hydrogen (secondary N) is 1. The predicted molar refractivity (Wildman–Crippen MR) is 88.7 cm³/mol. The third-order valence-electron chi connectivity index (χ3n) is 3.43. The Morgan fingerprint density at radius 2 is 2.09 bits per heavy atom. The number of hydrogen-bond acceptors (Lipinski definition) is 3. The van der Waals surface area contributed by atoms with Crippen molar-refractivity contribution in [1.82, 2.24) is 10.2 Å². The number of H-pyrrole nitrogens is 1. The fourth-order valence-corrected chi connectivity index (χ4v) is 2.27. The summed E-state index contributed by atoms with van der Waals surface area (Å²) < 4.78 is 0. The molecule has 0 aliphatic heterocycles. The number of para-hydroxylation sites is 1. The lowest BCUT2D eigenvalue weighted by atomic mass is 9.96. The summed E-state index contributed by atoms with van der Waals surface area (Å²) in [5.74, 6) is 5.59. The molecule has 0 radical (unpaired) electrons. The lowest BCUT2D eigenvalue weighted by Gasteiger charge is -2.12. The van der Waals surface area contributed by atoms with Crippen LogP contribution >= 0.6 is 0 Å². The first-order chi connectivity index (χ1) is 10.4. The van der Waals surface area contributed by atoms with Crippen molar-refractivity contribution in [3.8, 4) is 11.8 Å². The first-order valence-corrected chi connectivity index (χ1v) is 7.65. The topological polar surface area (TPSA) is 66.0 Å². The molecule has 1 atom stereocenters. The van der Waals surface area contributed by atoms with Gasteiger partial charge < -0.3 is 5.11 Å². The van der Waals surface area contributed by atoms with Crippen molar-refractivity contribution in [1.29, 1.82) is 0 Å². The van der Waals surface area contributed by atoms with Gasteiger partial charge in [-0.1, -0.05) is 43.7 Å². The van der Waals surface area contributed by atoms with E-state index in [1.54, 1.807) is 19.9 Å². The number of unbranched alkanes of at least 4 members (excludes halogenated alkanes) is 1. The largest absolute Gasteiger partial charge is 0.378 e. The number of aliphatic hydroxyl groups is 1. The zero-order chi connectivity index (χ0) is 16.2. The molecule has 1 aromatic carbocycles. The molecule has 2 aromatic rings. The molecule has 116 valence electrons. The van der Waals surface area contributed by atoms with Crippen molar-refractivity contribution in [2.24, 2.45) is 0 Å². The van der Waals surface area contributed by atoms with Crippen LogP contribution in [0.15, 0.2) is 29.1 Å². The van der Waals surface area contributed by atoms with Crippen LogP contribution in [-0.2, 0) is 0 Å². The standard InChI is InChI=1S/C18H22N2O2/c1-4-5-8-13(11-12-18(2,3)22)16-17(21)14-9-6-7-10-15(14)19-20-16/h6-7,9-10,13,22H,4-5,8H2,1-3H3,(H,19,21). The lowest BCUT2D eigenvalue weighted by Crippen LogP contribution is -2.19. The van der Waals surface area contributed by atoms with Gasteiger partial charge in [-0.25, -0.2) is 0 Å². The predicted octanol–water partition coefficient (Wildman–Crippen LogP) is 2.97. The summed E-state index contributed by atoms with van der Waals surface area (Å²) in [4.78, 5) is 12.6. The van der Waals surface area contributed by atoms with Gasteiger partial charge in [0.2, 0.25) is 5.43 Å². The highest BCUT2D eigenvalue weighted by molar-refractivity contribution is 5.77. The highest BCUT2D eigenvalue weighted by Crippen LogP contribution is 2.19. The maximum absolute atomic E-state index is 12.6. The average Bonchev–Trinajstić information content (AvgIpc) is 2.48.